The highest BCUT2D eigenvalue weighted by Gasteiger charge is 2.32. The molecule has 6 heteroatoms. The number of nitrogens with two attached hydrogens (primary N) is 1. The summed E-state index contributed by atoms with van der Waals surface area (Å²) >= 11 is 0. The second kappa shape index (κ2) is 7.25. The van der Waals surface area contributed by atoms with E-state index in [1.165, 1.54) is 0 Å². The molecule has 1 aliphatic heterocycles. The normalized spacial score (nSPS) is 20.2. The lowest BCUT2D eigenvalue weighted by atomic mass is 10.0. The highest BCUT2D eigenvalue weighted by molar-refractivity contribution is 5.92. The molecule has 0 saturated carbocycles. The van der Waals surface area contributed by atoms with Gasteiger partial charge in [0.25, 0.3) is 0 Å². The number of carbonyl (C=O) groups is 1. The summed E-state index contributed by atoms with van der Waals surface area (Å²) in [5, 5.41) is 5.99. The largest absolute Gasteiger partial charge is 0.457 e. The van der Waals surface area contributed by atoms with Gasteiger partial charge in [-0.2, -0.15) is 0 Å². The van der Waals surface area contributed by atoms with Crippen LogP contribution in [0.25, 0.3) is 0 Å². The van der Waals surface area contributed by atoms with Gasteiger partial charge in [0.15, 0.2) is 5.96 Å². The quantitative estimate of drug-likeness (QED) is 0.578. The minimum atomic E-state index is -0.318. The summed E-state index contributed by atoms with van der Waals surface area (Å²) in [6, 6.07) is 17.1. The number of hydrogen-bond acceptors (Lipinski definition) is 3. The van der Waals surface area contributed by atoms with Crippen LogP contribution in [0.4, 0.5) is 5.69 Å². The zero-order valence-electron chi connectivity index (χ0n) is 14.2. The molecule has 1 atom stereocenters. The van der Waals surface area contributed by atoms with Crippen LogP contribution in [0.15, 0.2) is 59.6 Å². The standard InChI is InChI=1S/C19H22N4O2/c1-19(11-10-17(24)23-19)13-21-18(20)22-14-6-5-9-16(12-14)25-15-7-3-2-4-8-15/h2-9,12H,10-11,13H2,1H3,(H,23,24)(H3,20,21,22). The third-order valence-electron chi connectivity index (χ3n) is 4.03. The molecular formula is C19H22N4O2. The fourth-order valence-corrected chi connectivity index (χ4v) is 2.68. The Balaban J connectivity index is 1.61. The number of hydrogen-bond donors (Lipinski definition) is 3. The second-order valence-electron chi connectivity index (χ2n) is 6.38. The maximum atomic E-state index is 11.4. The Morgan fingerprint density at radius 2 is 2.00 bits per heavy atom. The van der Waals surface area contributed by atoms with Gasteiger partial charge in [0.1, 0.15) is 11.5 Å². The molecule has 4 N–H and O–H groups in total. The molecule has 3 rings (SSSR count). The van der Waals surface area contributed by atoms with Crippen molar-refractivity contribution in [2.75, 3.05) is 11.9 Å². The Labute approximate surface area is 147 Å². The number of aliphatic imine (C=N–C) groups is 1. The van der Waals surface area contributed by atoms with E-state index in [0.29, 0.717) is 24.7 Å². The summed E-state index contributed by atoms with van der Waals surface area (Å²) in [5.74, 6) is 1.85. The van der Waals surface area contributed by atoms with Crippen molar-refractivity contribution in [2.45, 2.75) is 25.3 Å². The highest BCUT2D eigenvalue weighted by atomic mass is 16.5. The van der Waals surface area contributed by atoms with Gasteiger partial charge in [0.05, 0.1) is 12.1 Å². The molecule has 1 fully saturated rings. The van der Waals surface area contributed by atoms with Crippen molar-refractivity contribution < 1.29 is 9.53 Å². The van der Waals surface area contributed by atoms with Crippen LogP contribution in [0.2, 0.25) is 0 Å². The van der Waals surface area contributed by atoms with Gasteiger partial charge < -0.3 is 21.1 Å². The van der Waals surface area contributed by atoms with Gasteiger partial charge in [-0.15, -0.1) is 0 Å². The highest BCUT2D eigenvalue weighted by Crippen LogP contribution is 2.24. The Kier molecular flexibility index (Phi) is 4.88. The number of nitrogens with zero attached hydrogens (tertiary/aromatic N) is 1. The van der Waals surface area contributed by atoms with E-state index in [-0.39, 0.29) is 11.4 Å². The molecule has 2 aromatic carbocycles. The molecule has 0 radical (unpaired) electrons. The first-order chi connectivity index (χ1) is 12.0. The summed E-state index contributed by atoms with van der Waals surface area (Å²) in [4.78, 5) is 15.7. The molecule has 25 heavy (non-hydrogen) atoms. The average Bonchev–Trinajstić information content (AvgIpc) is 2.94. The molecule has 130 valence electrons. The van der Waals surface area contributed by atoms with Crippen LogP contribution < -0.4 is 21.1 Å². The minimum absolute atomic E-state index is 0.0648. The number of ether oxygens (including phenoxy) is 1. The Hall–Kier alpha value is -3.02. The first-order valence-electron chi connectivity index (χ1n) is 8.23. The molecule has 0 aliphatic carbocycles. The number of benzene rings is 2. The van der Waals surface area contributed by atoms with Gasteiger partial charge in [0, 0.05) is 18.2 Å². The predicted molar refractivity (Wildman–Crippen MR) is 98.9 cm³/mol. The molecule has 6 nitrogen and oxygen atoms in total. The van der Waals surface area contributed by atoms with E-state index < -0.39 is 0 Å². The lowest BCUT2D eigenvalue weighted by molar-refractivity contribution is -0.119. The Morgan fingerprint density at radius 3 is 2.72 bits per heavy atom. The van der Waals surface area contributed by atoms with Crippen molar-refractivity contribution in [1.82, 2.24) is 5.32 Å². The van der Waals surface area contributed by atoms with Crippen LogP contribution in [0, 0.1) is 0 Å². The lowest BCUT2D eigenvalue weighted by Crippen LogP contribution is -2.42. The first kappa shape index (κ1) is 16.8. The third-order valence-corrected chi connectivity index (χ3v) is 4.03. The van der Waals surface area contributed by atoms with Crippen molar-refractivity contribution in [3.8, 4) is 11.5 Å². The molecule has 0 aromatic heterocycles. The molecule has 1 unspecified atom stereocenters. The van der Waals surface area contributed by atoms with Crippen LogP contribution in [0.5, 0.6) is 11.5 Å². The molecule has 0 bridgehead atoms. The fraction of sp³-hybridized carbons (Fsp3) is 0.263. The Morgan fingerprint density at radius 1 is 1.24 bits per heavy atom. The molecule has 1 amide bonds. The van der Waals surface area contributed by atoms with E-state index in [1.54, 1.807) is 0 Å². The third kappa shape index (κ3) is 4.73. The van der Waals surface area contributed by atoms with Gasteiger partial charge in [-0.1, -0.05) is 24.3 Å². The summed E-state index contributed by atoms with van der Waals surface area (Å²) in [7, 11) is 0. The summed E-state index contributed by atoms with van der Waals surface area (Å²) < 4.78 is 5.80. The van der Waals surface area contributed by atoms with Gasteiger partial charge in [0.2, 0.25) is 5.91 Å². The number of guanidine groups is 1. The fourth-order valence-electron chi connectivity index (χ4n) is 2.68. The zero-order valence-corrected chi connectivity index (χ0v) is 14.2. The molecule has 2 aromatic rings. The van der Waals surface area contributed by atoms with E-state index in [4.69, 9.17) is 10.5 Å². The van der Waals surface area contributed by atoms with Crippen LogP contribution in [0.3, 0.4) is 0 Å². The number of nitrogens with one attached hydrogen (secondary N) is 2. The summed E-state index contributed by atoms with van der Waals surface area (Å²) in [6.45, 7) is 2.42. The van der Waals surface area contributed by atoms with Crippen molar-refractivity contribution in [2.24, 2.45) is 10.7 Å². The van der Waals surface area contributed by atoms with Crippen LogP contribution in [-0.2, 0) is 4.79 Å². The zero-order chi connectivity index (χ0) is 17.7. The SMILES string of the molecule is CC1(CN=C(N)Nc2cccc(Oc3ccccc3)c2)CCC(=O)N1. The average molecular weight is 338 g/mol. The lowest BCUT2D eigenvalue weighted by Gasteiger charge is -2.21. The Bertz CT molecular complexity index is 776. The van der Waals surface area contributed by atoms with E-state index in [0.717, 1.165) is 17.9 Å². The van der Waals surface area contributed by atoms with E-state index >= 15 is 0 Å². The van der Waals surface area contributed by atoms with Crippen LogP contribution >= 0.6 is 0 Å². The number of anilines is 1. The number of carbonyl (C=O) groups excluding carboxylic acids is 1. The van der Waals surface area contributed by atoms with E-state index in [1.807, 2.05) is 61.5 Å². The molecular weight excluding hydrogens is 316 g/mol. The topological polar surface area (TPSA) is 88.7 Å². The molecule has 1 aliphatic rings. The smallest absolute Gasteiger partial charge is 0.220 e. The molecule has 0 spiro atoms. The number of para-hydroxylation sites is 1. The van der Waals surface area contributed by atoms with Crippen molar-refractivity contribution in [3.63, 3.8) is 0 Å². The number of amides is 1. The minimum Gasteiger partial charge on any atom is -0.457 e. The summed E-state index contributed by atoms with van der Waals surface area (Å²) in [5.41, 5.74) is 6.43. The predicted octanol–water partition coefficient (Wildman–Crippen LogP) is 2.87. The van der Waals surface area contributed by atoms with E-state index in [2.05, 4.69) is 15.6 Å². The molecule has 1 heterocycles. The van der Waals surface area contributed by atoms with Gasteiger partial charge in [-0.05, 0) is 37.6 Å². The maximum Gasteiger partial charge on any atom is 0.220 e. The first-order valence-corrected chi connectivity index (χ1v) is 8.23. The second-order valence-corrected chi connectivity index (χ2v) is 6.38. The van der Waals surface area contributed by atoms with Crippen LogP contribution in [0.1, 0.15) is 19.8 Å². The van der Waals surface area contributed by atoms with Crippen molar-refractivity contribution >= 4 is 17.6 Å². The van der Waals surface area contributed by atoms with Gasteiger partial charge in [-0.3, -0.25) is 9.79 Å². The van der Waals surface area contributed by atoms with Crippen LogP contribution in [-0.4, -0.2) is 24.0 Å². The summed E-state index contributed by atoms with van der Waals surface area (Å²) in [6.07, 6.45) is 1.31. The molecule has 1 saturated heterocycles. The number of rotatable bonds is 5. The van der Waals surface area contributed by atoms with Gasteiger partial charge >= 0.3 is 0 Å². The van der Waals surface area contributed by atoms with Gasteiger partial charge in [-0.25, -0.2) is 0 Å². The maximum absolute atomic E-state index is 11.4. The van der Waals surface area contributed by atoms with Crippen molar-refractivity contribution in [1.29, 1.82) is 0 Å². The van der Waals surface area contributed by atoms with E-state index in [9.17, 15) is 4.79 Å². The van der Waals surface area contributed by atoms with Crippen molar-refractivity contribution in [3.05, 3.63) is 54.6 Å². The monoisotopic (exact) mass is 338 g/mol.